The van der Waals surface area contributed by atoms with Crippen LogP contribution in [0.25, 0.3) is 0 Å². The largest absolute Gasteiger partial charge is 0.494 e. The van der Waals surface area contributed by atoms with E-state index in [2.05, 4.69) is 6.92 Å². The van der Waals surface area contributed by atoms with Crippen molar-refractivity contribution in [2.75, 3.05) is 0 Å². The maximum Gasteiger partial charge on any atom is 0.193 e. The molecule has 0 aromatic carbocycles. The van der Waals surface area contributed by atoms with Crippen LogP contribution in [-0.4, -0.2) is 14.8 Å². The van der Waals surface area contributed by atoms with Gasteiger partial charge >= 0.3 is 0 Å². The first-order valence-electron chi connectivity index (χ1n) is 4.33. The van der Waals surface area contributed by atoms with E-state index in [1.54, 1.807) is 0 Å². The molecule has 1 heterocycles. The summed E-state index contributed by atoms with van der Waals surface area (Å²) in [7, 11) is 0. The molecule has 0 saturated heterocycles. The summed E-state index contributed by atoms with van der Waals surface area (Å²) in [6.07, 6.45) is 3.26. The van der Waals surface area contributed by atoms with Gasteiger partial charge in [0.15, 0.2) is 11.8 Å². The predicted octanol–water partition coefficient (Wildman–Crippen LogP) is 2.09. The van der Waals surface area contributed by atoms with Gasteiger partial charge in [-0.05, 0) is 6.42 Å². The van der Waals surface area contributed by atoms with Crippen molar-refractivity contribution < 1.29 is 10.2 Å². The van der Waals surface area contributed by atoms with E-state index in [1.165, 1.54) is 16.7 Å². The lowest BCUT2D eigenvalue weighted by atomic mass is 10.2. The molecule has 2 N–H and O–H groups in total. The second-order valence-electron chi connectivity index (χ2n) is 2.91. The van der Waals surface area contributed by atoms with E-state index in [0.29, 0.717) is 6.54 Å². The third-order valence-electron chi connectivity index (χ3n) is 1.92. The fraction of sp³-hybridized carbons (Fsp3) is 0.556. The molecule has 0 unspecified atom stereocenters. The molecule has 0 spiro atoms. The highest BCUT2D eigenvalue weighted by molar-refractivity contribution is 5.23. The Labute approximate surface area is 72.3 Å². The molecule has 1 rings (SSSR count). The Kier molecular flexibility index (Phi) is 3.02. The average molecular weight is 169 g/mol. The molecule has 0 aliphatic heterocycles. The van der Waals surface area contributed by atoms with Crippen LogP contribution in [0.5, 0.6) is 11.8 Å². The number of unbranched alkanes of at least 4 members (excludes halogenated alkanes) is 2. The van der Waals surface area contributed by atoms with Crippen molar-refractivity contribution in [1.29, 1.82) is 0 Å². The minimum atomic E-state index is 0.142. The molecule has 0 saturated carbocycles. The molecule has 12 heavy (non-hydrogen) atoms. The van der Waals surface area contributed by atoms with Crippen molar-refractivity contribution in [2.45, 2.75) is 32.7 Å². The third-order valence-corrected chi connectivity index (χ3v) is 1.92. The zero-order valence-electron chi connectivity index (χ0n) is 7.32. The van der Waals surface area contributed by atoms with Crippen LogP contribution < -0.4 is 0 Å². The quantitative estimate of drug-likeness (QED) is 0.678. The molecule has 0 aliphatic carbocycles. The number of rotatable bonds is 4. The summed E-state index contributed by atoms with van der Waals surface area (Å²) in [6.45, 7) is 2.81. The summed E-state index contributed by atoms with van der Waals surface area (Å²) in [6, 6.07) is 3.00. The Balaban J connectivity index is 2.50. The number of aromatic hydroxyl groups is 2. The van der Waals surface area contributed by atoms with E-state index in [1.807, 2.05) is 0 Å². The lowest BCUT2D eigenvalue weighted by Gasteiger charge is -2.04. The third kappa shape index (κ3) is 1.94. The predicted molar refractivity (Wildman–Crippen MR) is 47.3 cm³/mol. The molecular formula is C9H15NO2. The lowest BCUT2D eigenvalue weighted by Crippen LogP contribution is -1.95. The first-order valence-corrected chi connectivity index (χ1v) is 4.33. The molecule has 3 nitrogen and oxygen atoms in total. The highest BCUT2D eigenvalue weighted by Gasteiger charge is 2.03. The van der Waals surface area contributed by atoms with E-state index >= 15 is 0 Å². The van der Waals surface area contributed by atoms with Crippen LogP contribution in [0.15, 0.2) is 12.1 Å². The second-order valence-corrected chi connectivity index (χ2v) is 2.91. The fourth-order valence-electron chi connectivity index (χ4n) is 1.20. The summed E-state index contributed by atoms with van der Waals surface area (Å²) in [4.78, 5) is 0. The Bertz CT molecular complexity index is 223. The molecule has 0 radical (unpaired) electrons. The van der Waals surface area contributed by atoms with Gasteiger partial charge in [-0.3, -0.25) is 4.57 Å². The van der Waals surface area contributed by atoms with Crippen LogP contribution in [0, 0.1) is 0 Å². The second kappa shape index (κ2) is 4.04. The minimum absolute atomic E-state index is 0.142. The molecule has 68 valence electrons. The molecular weight excluding hydrogens is 154 g/mol. The van der Waals surface area contributed by atoms with Crippen molar-refractivity contribution >= 4 is 0 Å². The van der Waals surface area contributed by atoms with E-state index in [-0.39, 0.29) is 11.8 Å². The van der Waals surface area contributed by atoms with Gasteiger partial charge in [0.25, 0.3) is 0 Å². The van der Waals surface area contributed by atoms with Gasteiger partial charge in [-0.15, -0.1) is 0 Å². The molecule has 0 aliphatic rings. The van der Waals surface area contributed by atoms with Crippen molar-refractivity contribution in [3.8, 4) is 11.8 Å². The summed E-state index contributed by atoms with van der Waals surface area (Å²) in [5.41, 5.74) is 0. The van der Waals surface area contributed by atoms with Crippen molar-refractivity contribution in [3.63, 3.8) is 0 Å². The average Bonchev–Trinajstić information content (AvgIpc) is 2.35. The first-order chi connectivity index (χ1) is 5.75. The zero-order valence-corrected chi connectivity index (χ0v) is 7.32. The molecule has 0 bridgehead atoms. The monoisotopic (exact) mass is 169 g/mol. The van der Waals surface area contributed by atoms with Crippen molar-refractivity contribution in [1.82, 2.24) is 4.57 Å². The Hall–Kier alpha value is -1.12. The van der Waals surface area contributed by atoms with Gasteiger partial charge in [0.2, 0.25) is 0 Å². The molecule has 1 aromatic heterocycles. The van der Waals surface area contributed by atoms with Crippen LogP contribution in [0.2, 0.25) is 0 Å². The Morgan fingerprint density at radius 2 is 1.75 bits per heavy atom. The van der Waals surface area contributed by atoms with E-state index in [4.69, 9.17) is 0 Å². The van der Waals surface area contributed by atoms with Gasteiger partial charge in [0.1, 0.15) is 0 Å². The number of aromatic nitrogens is 1. The van der Waals surface area contributed by atoms with Crippen LogP contribution in [0.4, 0.5) is 0 Å². The molecule has 0 atom stereocenters. The standard InChI is InChI=1S/C9H15NO2/c1-2-3-4-7-10-8(11)5-6-9(10)12/h5-6,11-12H,2-4,7H2,1H3. The molecule has 1 aromatic rings. The molecule has 0 amide bonds. The van der Waals surface area contributed by atoms with Crippen molar-refractivity contribution in [3.05, 3.63) is 12.1 Å². The Morgan fingerprint density at radius 1 is 1.17 bits per heavy atom. The molecule has 3 heteroatoms. The number of hydrogen-bond donors (Lipinski definition) is 2. The zero-order chi connectivity index (χ0) is 8.97. The number of nitrogens with zero attached hydrogens (tertiary/aromatic N) is 1. The van der Waals surface area contributed by atoms with Gasteiger partial charge < -0.3 is 10.2 Å². The fourth-order valence-corrected chi connectivity index (χ4v) is 1.20. The minimum Gasteiger partial charge on any atom is -0.494 e. The topological polar surface area (TPSA) is 45.4 Å². The van der Waals surface area contributed by atoms with Crippen LogP contribution >= 0.6 is 0 Å². The SMILES string of the molecule is CCCCCn1c(O)ccc1O. The Morgan fingerprint density at radius 3 is 2.25 bits per heavy atom. The normalized spacial score (nSPS) is 10.4. The van der Waals surface area contributed by atoms with Gasteiger partial charge in [-0.1, -0.05) is 19.8 Å². The molecule has 0 fully saturated rings. The highest BCUT2D eigenvalue weighted by Crippen LogP contribution is 2.21. The van der Waals surface area contributed by atoms with E-state index < -0.39 is 0 Å². The maximum absolute atomic E-state index is 9.23. The van der Waals surface area contributed by atoms with E-state index in [9.17, 15) is 10.2 Å². The van der Waals surface area contributed by atoms with E-state index in [0.717, 1.165) is 19.3 Å². The first kappa shape index (κ1) is 8.97. The van der Waals surface area contributed by atoms with Crippen LogP contribution in [0.1, 0.15) is 26.2 Å². The summed E-state index contributed by atoms with van der Waals surface area (Å²) < 4.78 is 1.51. The smallest absolute Gasteiger partial charge is 0.193 e. The lowest BCUT2D eigenvalue weighted by molar-refractivity contribution is 0.362. The van der Waals surface area contributed by atoms with Gasteiger partial charge in [0, 0.05) is 18.7 Å². The van der Waals surface area contributed by atoms with Gasteiger partial charge in [0.05, 0.1) is 0 Å². The van der Waals surface area contributed by atoms with Gasteiger partial charge in [-0.25, -0.2) is 0 Å². The number of hydrogen-bond acceptors (Lipinski definition) is 2. The van der Waals surface area contributed by atoms with Crippen molar-refractivity contribution in [2.24, 2.45) is 0 Å². The summed E-state index contributed by atoms with van der Waals surface area (Å²) in [5.74, 6) is 0.284. The maximum atomic E-state index is 9.23. The summed E-state index contributed by atoms with van der Waals surface area (Å²) >= 11 is 0. The van der Waals surface area contributed by atoms with Crippen LogP contribution in [0.3, 0.4) is 0 Å². The van der Waals surface area contributed by atoms with Crippen LogP contribution in [-0.2, 0) is 6.54 Å². The van der Waals surface area contributed by atoms with Gasteiger partial charge in [-0.2, -0.15) is 0 Å². The highest BCUT2D eigenvalue weighted by atomic mass is 16.3. The summed E-state index contributed by atoms with van der Waals surface area (Å²) in [5, 5.41) is 18.5.